The summed E-state index contributed by atoms with van der Waals surface area (Å²) < 4.78 is 32.1. The first kappa shape index (κ1) is 16.4. The molecule has 1 aromatic carbocycles. The zero-order valence-electron chi connectivity index (χ0n) is 9.56. The average Bonchev–Trinajstić information content (AvgIpc) is 2.17. The molecule has 0 aliphatic carbocycles. The number of amides is 2. The van der Waals surface area contributed by atoms with E-state index in [1.165, 1.54) is 18.2 Å². The molecule has 0 bridgehead atoms. The van der Waals surface area contributed by atoms with Gasteiger partial charge in [0.2, 0.25) is 0 Å². The predicted molar refractivity (Wildman–Crippen MR) is 57.1 cm³/mol. The van der Waals surface area contributed by atoms with Crippen LogP contribution in [0.15, 0.2) is 29.2 Å². The summed E-state index contributed by atoms with van der Waals surface area (Å²) in [6.07, 6.45) is 0. The van der Waals surface area contributed by atoms with Crippen LogP contribution in [0.3, 0.4) is 0 Å². The zero-order valence-corrected chi connectivity index (χ0v) is 12.4. The van der Waals surface area contributed by atoms with Crippen molar-refractivity contribution in [3.63, 3.8) is 0 Å². The Labute approximate surface area is 122 Å². The molecule has 0 radical (unpaired) electrons. The second kappa shape index (κ2) is 6.97. The average molecular weight is 266 g/mol. The molecule has 0 fully saturated rings. The Morgan fingerprint density at radius 1 is 1.41 bits per heavy atom. The van der Waals surface area contributed by atoms with E-state index in [-0.39, 0.29) is 40.1 Å². The minimum Gasteiger partial charge on any atom is -0.744 e. The number of anilines is 1. The van der Waals surface area contributed by atoms with Gasteiger partial charge >= 0.3 is 35.6 Å². The van der Waals surface area contributed by atoms with Crippen molar-refractivity contribution in [2.75, 3.05) is 11.9 Å². The third-order valence-electron chi connectivity index (χ3n) is 1.72. The molecule has 6 nitrogen and oxygen atoms in total. The molecular formula is C9H11N2NaO4S. The molecule has 17 heavy (non-hydrogen) atoms. The maximum atomic E-state index is 11.1. The molecule has 88 valence electrons. The molecule has 0 aromatic heterocycles. The van der Waals surface area contributed by atoms with Crippen molar-refractivity contribution in [3.8, 4) is 0 Å². The molecule has 8 heteroatoms. The summed E-state index contributed by atoms with van der Waals surface area (Å²) in [5.74, 6) is 0. The summed E-state index contributed by atoms with van der Waals surface area (Å²) in [6.45, 7) is 2.20. The number of hydrogen-bond donors (Lipinski definition) is 2. The molecule has 0 aliphatic heterocycles. The summed E-state index contributed by atoms with van der Waals surface area (Å²) in [5, 5.41) is 4.88. The van der Waals surface area contributed by atoms with Crippen LogP contribution in [0.2, 0.25) is 0 Å². The van der Waals surface area contributed by atoms with Crippen LogP contribution in [0.4, 0.5) is 10.5 Å². The number of carbonyl (C=O) groups is 1. The fourth-order valence-corrected chi connectivity index (χ4v) is 1.58. The first-order valence-corrected chi connectivity index (χ1v) is 5.95. The van der Waals surface area contributed by atoms with Gasteiger partial charge in [0.05, 0.1) is 4.90 Å². The number of benzene rings is 1. The van der Waals surface area contributed by atoms with Gasteiger partial charge in [-0.2, -0.15) is 0 Å². The Balaban J connectivity index is 0.00000256. The van der Waals surface area contributed by atoms with Crippen molar-refractivity contribution >= 4 is 21.8 Å². The largest absolute Gasteiger partial charge is 1.00 e. The van der Waals surface area contributed by atoms with Gasteiger partial charge in [0.15, 0.2) is 0 Å². The molecule has 2 amide bonds. The summed E-state index contributed by atoms with van der Waals surface area (Å²) >= 11 is 0. The summed E-state index contributed by atoms with van der Waals surface area (Å²) in [7, 11) is -4.50. The van der Waals surface area contributed by atoms with E-state index in [9.17, 15) is 17.8 Å². The molecule has 0 saturated heterocycles. The number of carbonyl (C=O) groups excluding carboxylic acids is 1. The van der Waals surface area contributed by atoms with Gasteiger partial charge in [-0.1, -0.05) is 6.07 Å². The minimum absolute atomic E-state index is 0. The van der Waals surface area contributed by atoms with Gasteiger partial charge in [-0.15, -0.1) is 0 Å². The van der Waals surface area contributed by atoms with E-state index in [0.717, 1.165) is 6.07 Å². The zero-order chi connectivity index (χ0) is 12.2. The molecule has 0 saturated carbocycles. The number of nitrogens with one attached hydrogen (secondary N) is 2. The second-order valence-electron chi connectivity index (χ2n) is 2.97. The van der Waals surface area contributed by atoms with Crippen molar-refractivity contribution in [1.29, 1.82) is 0 Å². The van der Waals surface area contributed by atoms with E-state index in [1.807, 2.05) is 0 Å². The Morgan fingerprint density at radius 3 is 2.59 bits per heavy atom. The van der Waals surface area contributed by atoms with Crippen LogP contribution in [-0.2, 0) is 10.1 Å². The number of urea groups is 1. The van der Waals surface area contributed by atoms with Crippen LogP contribution in [0.1, 0.15) is 6.92 Å². The fraction of sp³-hybridized carbons (Fsp3) is 0.222. The van der Waals surface area contributed by atoms with E-state index < -0.39 is 16.1 Å². The van der Waals surface area contributed by atoms with Gasteiger partial charge in [0.1, 0.15) is 10.1 Å². The van der Waals surface area contributed by atoms with Crippen molar-refractivity contribution in [3.05, 3.63) is 24.3 Å². The summed E-state index contributed by atoms with van der Waals surface area (Å²) in [4.78, 5) is 10.8. The van der Waals surface area contributed by atoms with Crippen LogP contribution < -0.4 is 40.2 Å². The van der Waals surface area contributed by atoms with Gasteiger partial charge in [0, 0.05) is 12.2 Å². The van der Waals surface area contributed by atoms with E-state index in [1.54, 1.807) is 6.92 Å². The molecule has 1 aromatic rings. The van der Waals surface area contributed by atoms with Crippen molar-refractivity contribution in [2.24, 2.45) is 0 Å². The van der Waals surface area contributed by atoms with Crippen LogP contribution in [0, 0.1) is 0 Å². The van der Waals surface area contributed by atoms with Gasteiger partial charge in [0.25, 0.3) is 0 Å². The molecular weight excluding hydrogens is 255 g/mol. The van der Waals surface area contributed by atoms with Gasteiger partial charge in [-0.3, -0.25) is 0 Å². The Hall–Kier alpha value is -0.600. The first-order chi connectivity index (χ1) is 7.43. The topological polar surface area (TPSA) is 98.3 Å². The van der Waals surface area contributed by atoms with Crippen LogP contribution in [0.25, 0.3) is 0 Å². The third kappa shape index (κ3) is 5.51. The van der Waals surface area contributed by atoms with Gasteiger partial charge in [-0.05, 0) is 25.1 Å². The second-order valence-corrected chi connectivity index (χ2v) is 4.35. The number of hydrogen-bond acceptors (Lipinski definition) is 4. The first-order valence-electron chi connectivity index (χ1n) is 4.54. The minimum atomic E-state index is -4.50. The molecule has 0 spiro atoms. The van der Waals surface area contributed by atoms with Crippen molar-refractivity contribution < 1.29 is 47.3 Å². The van der Waals surface area contributed by atoms with E-state index in [0.29, 0.717) is 6.54 Å². The number of rotatable bonds is 3. The van der Waals surface area contributed by atoms with E-state index in [4.69, 9.17) is 0 Å². The fourth-order valence-electron chi connectivity index (χ4n) is 1.07. The van der Waals surface area contributed by atoms with Crippen LogP contribution >= 0.6 is 0 Å². The van der Waals surface area contributed by atoms with Crippen LogP contribution in [-0.4, -0.2) is 25.5 Å². The van der Waals surface area contributed by atoms with Gasteiger partial charge < -0.3 is 15.2 Å². The Morgan fingerprint density at radius 2 is 2.06 bits per heavy atom. The van der Waals surface area contributed by atoms with Crippen LogP contribution in [0.5, 0.6) is 0 Å². The Bertz CT molecular complexity index is 490. The quantitative estimate of drug-likeness (QED) is 0.476. The third-order valence-corrected chi connectivity index (χ3v) is 2.55. The summed E-state index contributed by atoms with van der Waals surface area (Å²) in [6, 6.07) is 4.70. The molecule has 0 atom stereocenters. The van der Waals surface area contributed by atoms with Crippen molar-refractivity contribution in [2.45, 2.75) is 11.8 Å². The standard InChI is InChI=1S/C9H12N2O4S.Na/c1-2-10-9(12)11-7-4-3-5-8(6-7)16(13,14)15;/h3-6H,2H2,1H3,(H2,10,11,12)(H,13,14,15);/q;+1/p-1. The molecule has 0 aliphatic rings. The smallest absolute Gasteiger partial charge is 0.744 e. The normalized spacial score (nSPS) is 10.2. The molecule has 0 unspecified atom stereocenters. The maximum Gasteiger partial charge on any atom is 1.00 e. The SMILES string of the molecule is CCNC(=O)Nc1cccc(S(=O)(=O)[O-])c1.[Na+]. The maximum absolute atomic E-state index is 11.1. The molecule has 2 N–H and O–H groups in total. The molecule has 0 heterocycles. The molecule has 1 rings (SSSR count). The Kier molecular flexibility index (Phi) is 6.73. The predicted octanol–water partition coefficient (Wildman–Crippen LogP) is -2.26. The van der Waals surface area contributed by atoms with E-state index >= 15 is 0 Å². The van der Waals surface area contributed by atoms with E-state index in [2.05, 4.69) is 10.6 Å². The monoisotopic (exact) mass is 266 g/mol. The van der Waals surface area contributed by atoms with Crippen molar-refractivity contribution in [1.82, 2.24) is 5.32 Å². The van der Waals surface area contributed by atoms with Gasteiger partial charge in [-0.25, -0.2) is 13.2 Å². The summed E-state index contributed by atoms with van der Waals surface area (Å²) in [5.41, 5.74) is 0.253.